The van der Waals surface area contributed by atoms with Gasteiger partial charge < -0.3 is 15.1 Å². The molecule has 0 radical (unpaired) electrons. The minimum absolute atomic E-state index is 0.719. The molecule has 2 aromatic rings. The van der Waals surface area contributed by atoms with Crippen molar-refractivity contribution >= 4 is 22.7 Å². The van der Waals surface area contributed by atoms with Crippen molar-refractivity contribution in [2.75, 3.05) is 26.4 Å². The van der Waals surface area contributed by atoms with Crippen molar-refractivity contribution in [3.05, 3.63) is 35.6 Å². The fourth-order valence-corrected chi connectivity index (χ4v) is 2.62. The first-order valence-electron chi connectivity index (χ1n) is 6.13. The molecule has 0 aliphatic heterocycles. The summed E-state index contributed by atoms with van der Waals surface area (Å²) in [6.45, 7) is 1.62. The van der Waals surface area contributed by atoms with E-state index >= 15 is 0 Å². The van der Waals surface area contributed by atoms with Crippen LogP contribution < -0.4 is 5.73 Å². The zero-order valence-electron chi connectivity index (χ0n) is 11.0. The molecule has 98 valence electrons. The van der Waals surface area contributed by atoms with E-state index in [0.29, 0.717) is 0 Å². The molecule has 0 atom stereocenters. The number of thioether (sulfide) groups is 1. The zero-order valence-corrected chi connectivity index (χ0v) is 11.8. The Bertz CT molecular complexity index is 507. The van der Waals surface area contributed by atoms with Gasteiger partial charge in [0.15, 0.2) is 0 Å². The lowest BCUT2D eigenvalue weighted by Gasteiger charge is -2.09. The molecule has 0 amide bonds. The Morgan fingerprint density at radius 2 is 2.17 bits per heavy atom. The van der Waals surface area contributed by atoms with Crippen LogP contribution >= 0.6 is 11.8 Å². The minimum atomic E-state index is 0.719. The van der Waals surface area contributed by atoms with Gasteiger partial charge in [-0.15, -0.1) is 0 Å². The molecule has 0 fully saturated rings. The summed E-state index contributed by atoms with van der Waals surface area (Å²) in [5.41, 5.74) is 7.76. The second kappa shape index (κ2) is 6.27. The number of nitrogens with zero attached hydrogens (tertiary/aromatic N) is 1. The van der Waals surface area contributed by atoms with Crippen LogP contribution in [0.15, 0.2) is 28.7 Å². The van der Waals surface area contributed by atoms with Crippen molar-refractivity contribution < 1.29 is 4.42 Å². The summed E-state index contributed by atoms with van der Waals surface area (Å²) in [6, 6.07) is 8.46. The van der Waals surface area contributed by atoms with Gasteiger partial charge >= 0.3 is 0 Å². The maximum atomic E-state index is 5.96. The SMILES string of the molecule is CN(C)Cc1cccc2cc(CSCCN)oc12. The quantitative estimate of drug-likeness (QED) is 0.815. The molecule has 2 N–H and O–H groups in total. The van der Waals surface area contributed by atoms with Crippen molar-refractivity contribution in [2.45, 2.75) is 12.3 Å². The standard InChI is InChI=1S/C14H20N2OS/c1-16(2)9-12-5-3-4-11-8-13(17-14(11)12)10-18-7-6-15/h3-5,8H,6-7,9-10,15H2,1-2H3. The van der Waals surface area contributed by atoms with E-state index in [1.54, 1.807) is 0 Å². The summed E-state index contributed by atoms with van der Waals surface area (Å²) >= 11 is 1.81. The van der Waals surface area contributed by atoms with Crippen LogP contribution in [0.4, 0.5) is 0 Å². The number of fused-ring (bicyclic) bond motifs is 1. The van der Waals surface area contributed by atoms with E-state index in [9.17, 15) is 0 Å². The van der Waals surface area contributed by atoms with Crippen LogP contribution in [0.5, 0.6) is 0 Å². The minimum Gasteiger partial charge on any atom is -0.460 e. The molecule has 0 aliphatic carbocycles. The summed E-state index contributed by atoms with van der Waals surface area (Å²) in [7, 11) is 4.14. The summed E-state index contributed by atoms with van der Waals surface area (Å²) in [4.78, 5) is 2.15. The monoisotopic (exact) mass is 264 g/mol. The van der Waals surface area contributed by atoms with Gasteiger partial charge in [-0.05, 0) is 20.2 Å². The fourth-order valence-electron chi connectivity index (χ4n) is 1.97. The van der Waals surface area contributed by atoms with Crippen molar-refractivity contribution in [3.63, 3.8) is 0 Å². The van der Waals surface area contributed by atoms with Gasteiger partial charge in [-0.1, -0.05) is 18.2 Å². The third-order valence-electron chi connectivity index (χ3n) is 2.67. The first-order chi connectivity index (χ1) is 8.70. The van der Waals surface area contributed by atoms with Crippen LogP contribution in [0, 0.1) is 0 Å². The number of hydrogen-bond acceptors (Lipinski definition) is 4. The molecule has 1 aromatic carbocycles. The van der Waals surface area contributed by atoms with E-state index in [-0.39, 0.29) is 0 Å². The van der Waals surface area contributed by atoms with Crippen molar-refractivity contribution in [1.29, 1.82) is 0 Å². The predicted molar refractivity (Wildman–Crippen MR) is 78.8 cm³/mol. The highest BCUT2D eigenvalue weighted by Gasteiger charge is 2.08. The average molecular weight is 264 g/mol. The molecule has 1 aromatic heterocycles. The Labute approximate surface area is 112 Å². The lowest BCUT2D eigenvalue weighted by molar-refractivity contribution is 0.400. The van der Waals surface area contributed by atoms with E-state index < -0.39 is 0 Å². The van der Waals surface area contributed by atoms with E-state index in [2.05, 4.69) is 43.3 Å². The molecule has 0 aliphatic rings. The van der Waals surface area contributed by atoms with E-state index in [4.69, 9.17) is 10.2 Å². The number of hydrogen-bond donors (Lipinski definition) is 1. The largest absolute Gasteiger partial charge is 0.460 e. The lowest BCUT2D eigenvalue weighted by Crippen LogP contribution is -2.10. The fraction of sp³-hybridized carbons (Fsp3) is 0.429. The van der Waals surface area contributed by atoms with Gasteiger partial charge in [-0.25, -0.2) is 0 Å². The van der Waals surface area contributed by atoms with Gasteiger partial charge in [0.2, 0.25) is 0 Å². The van der Waals surface area contributed by atoms with Gasteiger partial charge in [0.25, 0.3) is 0 Å². The highest BCUT2D eigenvalue weighted by atomic mass is 32.2. The molecule has 0 saturated heterocycles. The molecule has 2 rings (SSSR count). The second-order valence-electron chi connectivity index (χ2n) is 4.63. The second-order valence-corrected chi connectivity index (χ2v) is 5.73. The Balaban J connectivity index is 2.21. The molecular formula is C14H20N2OS. The van der Waals surface area contributed by atoms with Crippen LogP contribution in [0.2, 0.25) is 0 Å². The molecule has 3 nitrogen and oxygen atoms in total. The van der Waals surface area contributed by atoms with Crippen LogP contribution in [-0.2, 0) is 12.3 Å². The van der Waals surface area contributed by atoms with Crippen LogP contribution in [-0.4, -0.2) is 31.3 Å². The molecule has 0 saturated carbocycles. The van der Waals surface area contributed by atoms with Gasteiger partial charge in [-0.3, -0.25) is 0 Å². The van der Waals surface area contributed by atoms with Crippen molar-refractivity contribution in [3.8, 4) is 0 Å². The molecule has 0 spiro atoms. The Morgan fingerprint density at radius 1 is 1.33 bits per heavy atom. The zero-order chi connectivity index (χ0) is 13.0. The normalized spacial score (nSPS) is 11.6. The number of benzene rings is 1. The lowest BCUT2D eigenvalue weighted by atomic mass is 10.1. The van der Waals surface area contributed by atoms with Crippen molar-refractivity contribution in [2.24, 2.45) is 5.73 Å². The first kappa shape index (κ1) is 13.5. The third kappa shape index (κ3) is 3.28. The maximum Gasteiger partial charge on any atom is 0.138 e. The van der Waals surface area contributed by atoms with Crippen LogP contribution in [0.1, 0.15) is 11.3 Å². The summed E-state index contributed by atoms with van der Waals surface area (Å²) in [6.07, 6.45) is 0. The smallest absolute Gasteiger partial charge is 0.138 e. The van der Waals surface area contributed by atoms with Gasteiger partial charge in [-0.2, -0.15) is 11.8 Å². The Hall–Kier alpha value is -0.970. The highest BCUT2D eigenvalue weighted by molar-refractivity contribution is 7.98. The highest BCUT2D eigenvalue weighted by Crippen LogP contribution is 2.26. The van der Waals surface area contributed by atoms with Gasteiger partial charge in [0.05, 0.1) is 5.75 Å². The number of rotatable bonds is 6. The summed E-state index contributed by atoms with van der Waals surface area (Å²) in [5.74, 6) is 2.91. The predicted octanol–water partition coefficient (Wildman–Crippen LogP) is 2.69. The first-order valence-corrected chi connectivity index (χ1v) is 7.29. The van der Waals surface area contributed by atoms with E-state index in [1.165, 1.54) is 10.9 Å². The van der Waals surface area contributed by atoms with Gasteiger partial charge in [0.1, 0.15) is 11.3 Å². The van der Waals surface area contributed by atoms with Crippen molar-refractivity contribution in [1.82, 2.24) is 4.90 Å². The molecule has 1 heterocycles. The van der Waals surface area contributed by atoms with Crippen LogP contribution in [0.3, 0.4) is 0 Å². The molecule has 4 heteroatoms. The topological polar surface area (TPSA) is 42.4 Å². The maximum absolute atomic E-state index is 5.96. The number of para-hydroxylation sites is 1. The summed E-state index contributed by atoms with van der Waals surface area (Å²) in [5, 5.41) is 1.19. The molecule has 0 bridgehead atoms. The van der Waals surface area contributed by atoms with Crippen LogP contribution in [0.25, 0.3) is 11.0 Å². The third-order valence-corrected chi connectivity index (χ3v) is 3.68. The van der Waals surface area contributed by atoms with Gasteiger partial charge in [0, 0.05) is 29.8 Å². The molecule has 18 heavy (non-hydrogen) atoms. The van der Waals surface area contributed by atoms with E-state index in [0.717, 1.165) is 35.9 Å². The Morgan fingerprint density at radius 3 is 2.89 bits per heavy atom. The van der Waals surface area contributed by atoms with E-state index in [1.807, 2.05) is 11.8 Å². The summed E-state index contributed by atoms with van der Waals surface area (Å²) < 4.78 is 5.96. The number of furan rings is 1. The Kier molecular flexibility index (Phi) is 4.69. The molecular weight excluding hydrogens is 244 g/mol. The molecule has 0 unspecified atom stereocenters. The number of nitrogens with two attached hydrogens (primary N) is 1. The average Bonchev–Trinajstić information content (AvgIpc) is 2.73.